The van der Waals surface area contributed by atoms with Crippen molar-refractivity contribution >= 4 is 17.7 Å². The summed E-state index contributed by atoms with van der Waals surface area (Å²) in [6.07, 6.45) is 5.19. The molecule has 4 heterocycles. The number of benzene rings is 1. The number of aromatic nitrogens is 4. The SMILES string of the molecule is CC(C)C[C@H]1NC(=O)CN(C(=O)c2n[nH]c3c2COCC3)CCCOc2cccc(c2)-c2nccn2CCNC1=O. The third-order valence-electron chi connectivity index (χ3n) is 7.18. The van der Waals surface area contributed by atoms with Gasteiger partial charge in [-0.1, -0.05) is 26.0 Å². The van der Waals surface area contributed by atoms with Crippen LogP contribution in [0, 0.1) is 5.92 Å². The minimum Gasteiger partial charge on any atom is -0.494 e. The maximum atomic E-state index is 13.6. The van der Waals surface area contributed by atoms with Crippen molar-refractivity contribution in [3.05, 3.63) is 53.6 Å². The minimum absolute atomic E-state index is 0.168. The van der Waals surface area contributed by atoms with E-state index in [9.17, 15) is 14.4 Å². The maximum Gasteiger partial charge on any atom is 0.275 e. The first-order valence-electron chi connectivity index (χ1n) is 14.1. The highest BCUT2D eigenvalue weighted by Crippen LogP contribution is 2.23. The number of ether oxygens (including phenoxy) is 2. The van der Waals surface area contributed by atoms with Crippen LogP contribution >= 0.6 is 0 Å². The molecular weight excluding hydrogens is 526 g/mol. The average molecular weight is 564 g/mol. The lowest BCUT2D eigenvalue weighted by Crippen LogP contribution is -2.51. The van der Waals surface area contributed by atoms with Crippen molar-refractivity contribution in [1.82, 2.24) is 35.3 Å². The van der Waals surface area contributed by atoms with E-state index in [0.717, 1.165) is 22.6 Å². The van der Waals surface area contributed by atoms with E-state index in [1.165, 1.54) is 4.90 Å². The summed E-state index contributed by atoms with van der Waals surface area (Å²) in [5, 5.41) is 13.0. The standard InChI is InChI=1S/C29H37N7O5/c1-19(2)15-24-28(38)31-9-12-35-11-8-30-27(35)20-5-3-6-21(16-20)41-13-4-10-36(17-25(37)32-24)29(39)26-22-18-40-14-7-23(22)33-34-26/h3,5-6,8,11,16,19,24H,4,7,9-10,12-15,17-18H2,1-2H3,(H,31,38)(H,32,37)(H,33,34)/t24-/m1/s1. The average Bonchev–Trinajstić information content (AvgIpc) is 3.61. The second-order valence-electron chi connectivity index (χ2n) is 10.8. The lowest BCUT2D eigenvalue weighted by atomic mass is 10.0. The Morgan fingerprint density at radius 2 is 2.07 bits per heavy atom. The topological polar surface area (TPSA) is 143 Å². The fraction of sp³-hybridized carbons (Fsp3) is 0.483. The van der Waals surface area contributed by atoms with Gasteiger partial charge in [0, 0.05) is 55.3 Å². The Kier molecular flexibility index (Phi) is 8.98. The largest absolute Gasteiger partial charge is 0.494 e. The van der Waals surface area contributed by atoms with E-state index < -0.39 is 11.9 Å². The van der Waals surface area contributed by atoms with Crippen LogP contribution in [0.3, 0.4) is 0 Å². The first-order valence-corrected chi connectivity index (χ1v) is 14.1. The summed E-state index contributed by atoms with van der Waals surface area (Å²) in [4.78, 5) is 46.0. The molecular formula is C29H37N7O5. The summed E-state index contributed by atoms with van der Waals surface area (Å²) in [5.41, 5.74) is 2.76. The first kappa shape index (κ1) is 28.3. The van der Waals surface area contributed by atoms with Gasteiger partial charge in [0.1, 0.15) is 17.6 Å². The van der Waals surface area contributed by atoms with Crippen LogP contribution in [-0.4, -0.2) is 81.3 Å². The van der Waals surface area contributed by atoms with Gasteiger partial charge < -0.3 is 29.6 Å². The van der Waals surface area contributed by atoms with Crippen molar-refractivity contribution in [3.8, 4) is 17.1 Å². The van der Waals surface area contributed by atoms with Gasteiger partial charge in [0.05, 0.1) is 26.4 Å². The van der Waals surface area contributed by atoms with Gasteiger partial charge in [-0.2, -0.15) is 5.10 Å². The molecule has 0 radical (unpaired) electrons. The van der Waals surface area contributed by atoms with Gasteiger partial charge in [-0.15, -0.1) is 0 Å². The van der Waals surface area contributed by atoms with Crippen LogP contribution in [0.5, 0.6) is 5.75 Å². The molecule has 2 aliphatic rings. The fourth-order valence-electron chi connectivity index (χ4n) is 5.15. The molecule has 2 bridgehead atoms. The van der Waals surface area contributed by atoms with E-state index in [2.05, 4.69) is 25.8 Å². The van der Waals surface area contributed by atoms with Crippen LogP contribution in [0.4, 0.5) is 0 Å². The third-order valence-corrected chi connectivity index (χ3v) is 7.18. The zero-order chi connectivity index (χ0) is 28.8. The highest BCUT2D eigenvalue weighted by molar-refractivity contribution is 5.97. The predicted octanol–water partition coefficient (Wildman–Crippen LogP) is 1.92. The number of H-pyrrole nitrogens is 1. The number of amides is 3. The summed E-state index contributed by atoms with van der Waals surface area (Å²) in [6, 6.07) is 6.93. The Hall–Kier alpha value is -4.19. The van der Waals surface area contributed by atoms with Gasteiger partial charge >= 0.3 is 0 Å². The van der Waals surface area contributed by atoms with Crippen LogP contribution in [0.2, 0.25) is 0 Å². The van der Waals surface area contributed by atoms with Gasteiger partial charge in [0.15, 0.2) is 5.69 Å². The van der Waals surface area contributed by atoms with E-state index in [1.54, 1.807) is 6.20 Å². The molecule has 0 saturated carbocycles. The number of carbonyl (C=O) groups is 3. The van der Waals surface area contributed by atoms with Crippen molar-refractivity contribution in [2.45, 2.75) is 52.3 Å². The number of carbonyl (C=O) groups excluding carboxylic acids is 3. The number of aromatic amines is 1. The molecule has 1 atom stereocenters. The molecule has 12 nitrogen and oxygen atoms in total. The second-order valence-corrected chi connectivity index (χ2v) is 10.8. The molecule has 0 fully saturated rings. The monoisotopic (exact) mass is 563 g/mol. The van der Waals surface area contributed by atoms with Gasteiger partial charge in [0.25, 0.3) is 5.91 Å². The van der Waals surface area contributed by atoms with Gasteiger partial charge in [-0.05, 0) is 30.9 Å². The lowest BCUT2D eigenvalue weighted by molar-refractivity contribution is -0.129. The molecule has 2 aromatic heterocycles. The molecule has 3 aromatic rings. The third kappa shape index (κ3) is 6.94. The Morgan fingerprint density at radius 1 is 1.20 bits per heavy atom. The van der Waals surface area contributed by atoms with Gasteiger partial charge in [-0.3, -0.25) is 19.5 Å². The lowest BCUT2D eigenvalue weighted by Gasteiger charge is -2.25. The van der Waals surface area contributed by atoms with Crippen LogP contribution < -0.4 is 15.4 Å². The molecule has 0 saturated heterocycles. The predicted molar refractivity (Wildman–Crippen MR) is 150 cm³/mol. The number of nitrogens with zero attached hydrogens (tertiary/aromatic N) is 4. The summed E-state index contributed by atoms with van der Waals surface area (Å²) >= 11 is 0. The molecule has 5 rings (SSSR count). The Bertz CT molecular complexity index is 1380. The van der Waals surface area contributed by atoms with Crippen molar-refractivity contribution in [1.29, 1.82) is 0 Å². The number of hydrogen-bond acceptors (Lipinski definition) is 7. The maximum absolute atomic E-state index is 13.6. The van der Waals surface area contributed by atoms with Crippen molar-refractivity contribution in [3.63, 3.8) is 0 Å². The molecule has 0 aliphatic carbocycles. The number of fused-ring (bicyclic) bond motifs is 5. The van der Waals surface area contributed by atoms with Crippen molar-refractivity contribution in [2.75, 3.05) is 32.8 Å². The highest BCUT2D eigenvalue weighted by atomic mass is 16.5. The van der Waals surface area contributed by atoms with Gasteiger partial charge in [0.2, 0.25) is 11.8 Å². The Labute approximate surface area is 238 Å². The summed E-state index contributed by atoms with van der Waals surface area (Å²) in [6.45, 7) is 6.11. The number of imidazole rings is 1. The summed E-state index contributed by atoms with van der Waals surface area (Å²) in [5.74, 6) is 0.573. The van der Waals surface area contributed by atoms with E-state index in [-0.39, 0.29) is 36.5 Å². The molecule has 218 valence electrons. The van der Waals surface area contributed by atoms with E-state index in [1.807, 2.05) is 48.9 Å². The van der Waals surface area contributed by atoms with Gasteiger partial charge in [-0.25, -0.2) is 4.98 Å². The van der Waals surface area contributed by atoms with E-state index in [4.69, 9.17) is 9.47 Å². The smallest absolute Gasteiger partial charge is 0.275 e. The van der Waals surface area contributed by atoms with Crippen LogP contribution in [0.25, 0.3) is 11.4 Å². The number of rotatable bonds is 3. The zero-order valence-electron chi connectivity index (χ0n) is 23.5. The van der Waals surface area contributed by atoms with Crippen LogP contribution in [0.15, 0.2) is 36.7 Å². The van der Waals surface area contributed by atoms with Crippen LogP contribution in [0.1, 0.15) is 48.4 Å². The second kappa shape index (κ2) is 13.0. The molecule has 0 spiro atoms. The number of hydrogen-bond donors (Lipinski definition) is 3. The molecule has 1 aromatic carbocycles. The van der Waals surface area contributed by atoms with E-state index >= 15 is 0 Å². The normalized spacial score (nSPS) is 18.8. The molecule has 3 amide bonds. The summed E-state index contributed by atoms with van der Waals surface area (Å²) in [7, 11) is 0. The number of nitrogens with one attached hydrogen (secondary N) is 3. The summed E-state index contributed by atoms with van der Waals surface area (Å²) < 4.78 is 13.5. The quantitative estimate of drug-likeness (QED) is 0.442. The van der Waals surface area contributed by atoms with E-state index in [0.29, 0.717) is 57.9 Å². The van der Waals surface area contributed by atoms with Crippen molar-refractivity contribution in [2.24, 2.45) is 5.92 Å². The minimum atomic E-state index is -0.729. The zero-order valence-corrected chi connectivity index (χ0v) is 23.5. The first-order chi connectivity index (χ1) is 19.9. The van der Waals surface area contributed by atoms with Crippen molar-refractivity contribution < 1.29 is 23.9 Å². The molecule has 2 aliphatic heterocycles. The molecule has 41 heavy (non-hydrogen) atoms. The molecule has 3 N–H and O–H groups in total. The molecule has 0 unspecified atom stereocenters. The fourth-order valence-corrected chi connectivity index (χ4v) is 5.15. The highest BCUT2D eigenvalue weighted by Gasteiger charge is 2.29. The Morgan fingerprint density at radius 3 is 2.93 bits per heavy atom. The Balaban J connectivity index is 1.39. The van der Waals surface area contributed by atoms with Crippen LogP contribution in [-0.2, 0) is 33.9 Å². The molecule has 12 heteroatoms.